The van der Waals surface area contributed by atoms with Crippen LogP contribution in [-0.2, 0) is 0 Å². The third kappa shape index (κ3) is 4.94. The highest BCUT2D eigenvalue weighted by Crippen LogP contribution is 2.06. The molecule has 0 amide bonds. The van der Waals surface area contributed by atoms with Crippen LogP contribution in [0.15, 0.2) is 0 Å². The molecule has 0 bridgehead atoms. The Morgan fingerprint density at radius 3 is 2.50 bits per heavy atom. The van der Waals surface area contributed by atoms with Gasteiger partial charge >= 0.3 is 0 Å². The maximum atomic E-state index is 8.40. The van der Waals surface area contributed by atoms with Crippen molar-refractivity contribution in [2.24, 2.45) is 0 Å². The molecule has 0 aromatic heterocycles. The van der Waals surface area contributed by atoms with Crippen LogP contribution >= 0.6 is 28.6 Å². The van der Waals surface area contributed by atoms with Gasteiger partial charge in [-0.05, 0) is 12.8 Å². The summed E-state index contributed by atoms with van der Waals surface area (Å²) >= 11 is 7.49. The summed E-state index contributed by atoms with van der Waals surface area (Å²) in [4.78, 5) is 0. The van der Waals surface area contributed by atoms with Crippen LogP contribution in [0.5, 0.6) is 0 Å². The predicted octanol–water partition coefficient (Wildman–Crippen LogP) is 1.45. The normalized spacial score (nSPS) is 13.9. The molecule has 0 aromatic rings. The van der Waals surface area contributed by atoms with E-state index in [4.69, 9.17) is 5.11 Å². The lowest BCUT2D eigenvalue weighted by Gasteiger charge is -2.03. The molecule has 8 heavy (non-hydrogen) atoms. The number of aliphatic hydroxyl groups excluding tert-OH is 1. The molecule has 0 rings (SSSR count). The number of thiol groups is 1. The van der Waals surface area contributed by atoms with Gasteiger partial charge in [-0.15, -0.1) is 0 Å². The molecular formula is C5H11BrOS. The lowest BCUT2D eigenvalue weighted by atomic mass is 10.2. The van der Waals surface area contributed by atoms with Gasteiger partial charge in [0.2, 0.25) is 0 Å². The summed E-state index contributed by atoms with van der Waals surface area (Å²) in [5.41, 5.74) is 0. The topological polar surface area (TPSA) is 20.2 Å². The monoisotopic (exact) mass is 198 g/mol. The fourth-order valence-electron chi connectivity index (χ4n) is 0.419. The van der Waals surface area contributed by atoms with E-state index in [2.05, 4.69) is 28.6 Å². The van der Waals surface area contributed by atoms with E-state index in [-0.39, 0.29) is 6.61 Å². The standard InChI is InChI=1S/C5H11BrOS/c6-3-1-5(8)2-4-7/h5,7-8H,1-4H2. The number of aliphatic hydroxyl groups is 1. The van der Waals surface area contributed by atoms with Crippen molar-refractivity contribution in [3.8, 4) is 0 Å². The Balaban J connectivity index is 2.92. The molecule has 0 aliphatic carbocycles. The lowest BCUT2D eigenvalue weighted by Crippen LogP contribution is -2.01. The van der Waals surface area contributed by atoms with Gasteiger partial charge in [0, 0.05) is 17.2 Å². The van der Waals surface area contributed by atoms with E-state index >= 15 is 0 Å². The van der Waals surface area contributed by atoms with E-state index in [1.165, 1.54) is 0 Å². The van der Waals surface area contributed by atoms with E-state index in [0.717, 1.165) is 18.2 Å². The molecule has 3 heteroatoms. The summed E-state index contributed by atoms with van der Waals surface area (Å²) in [6, 6.07) is 0. The van der Waals surface area contributed by atoms with Gasteiger partial charge in [0.25, 0.3) is 0 Å². The number of hydrogen-bond acceptors (Lipinski definition) is 2. The zero-order chi connectivity index (χ0) is 6.41. The summed E-state index contributed by atoms with van der Waals surface area (Å²) in [5.74, 6) is 0. The molecule has 0 aromatic carbocycles. The number of halogens is 1. The summed E-state index contributed by atoms with van der Waals surface area (Å²) < 4.78 is 0. The molecule has 0 saturated carbocycles. The summed E-state index contributed by atoms with van der Waals surface area (Å²) in [7, 11) is 0. The number of hydrogen-bond donors (Lipinski definition) is 2. The largest absolute Gasteiger partial charge is 0.396 e. The first-order valence-electron chi connectivity index (χ1n) is 2.66. The van der Waals surface area contributed by atoms with Crippen LogP contribution in [-0.4, -0.2) is 22.3 Å². The molecule has 50 valence electrons. The van der Waals surface area contributed by atoms with Gasteiger partial charge in [-0.2, -0.15) is 12.6 Å². The highest BCUT2D eigenvalue weighted by Gasteiger charge is 1.98. The van der Waals surface area contributed by atoms with Crippen molar-refractivity contribution in [3.05, 3.63) is 0 Å². The van der Waals surface area contributed by atoms with Crippen LogP contribution in [0.25, 0.3) is 0 Å². The van der Waals surface area contributed by atoms with Gasteiger partial charge in [-0.25, -0.2) is 0 Å². The Morgan fingerprint density at radius 1 is 1.50 bits per heavy atom. The number of rotatable bonds is 4. The van der Waals surface area contributed by atoms with Crippen molar-refractivity contribution >= 4 is 28.6 Å². The first-order chi connectivity index (χ1) is 3.81. The Labute approximate surface area is 64.0 Å². The molecule has 0 spiro atoms. The van der Waals surface area contributed by atoms with Gasteiger partial charge in [0.1, 0.15) is 0 Å². The van der Waals surface area contributed by atoms with Crippen LogP contribution < -0.4 is 0 Å². The molecule has 0 aliphatic rings. The average molecular weight is 199 g/mol. The minimum Gasteiger partial charge on any atom is -0.396 e. The van der Waals surface area contributed by atoms with E-state index in [9.17, 15) is 0 Å². The molecule has 0 saturated heterocycles. The predicted molar refractivity (Wildman–Crippen MR) is 42.9 cm³/mol. The molecule has 1 N–H and O–H groups in total. The van der Waals surface area contributed by atoms with Gasteiger partial charge in [-0.3, -0.25) is 0 Å². The molecule has 1 nitrogen and oxygen atoms in total. The zero-order valence-corrected chi connectivity index (χ0v) is 7.16. The highest BCUT2D eigenvalue weighted by molar-refractivity contribution is 9.09. The molecule has 0 radical (unpaired) electrons. The van der Waals surface area contributed by atoms with E-state index < -0.39 is 0 Å². The molecule has 0 aliphatic heterocycles. The summed E-state index contributed by atoms with van der Waals surface area (Å²) in [6.45, 7) is 0.251. The quantitative estimate of drug-likeness (QED) is 0.518. The zero-order valence-electron chi connectivity index (χ0n) is 4.68. The lowest BCUT2D eigenvalue weighted by molar-refractivity contribution is 0.286. The van der Waals surface area contributed by atoms with Gasteiger partial charge < -0.3 is 5.11 Å². The molecule has 0 fully saturated rings. The van der Waals surface area contributed by atoms with Crippen LogP contribution in [0, 0.1) is 0 Å². The maximum Gasteiger partial charge on any atom is 0.0441 e. The van der Waals surface area contributed by atoms with Gasteiger partial charge in [-0.1, -0.05) is 15.9 Å². The first-order valence-corrected chi connectivity index (χ1v) is 4.30. The second kappa shape index (κ2) is 5.92. The Hall–Kier alpha value is 0.790. The van der Waals surface area contributed by atoms with Crippen molar-refractivity contribution < 1.29 is 5.11 Å². The third-order valence-corrected chi connectivity index (χ3v) is 1.88. The summed E-state index contributed by atoms with van der Waals surface area (Å²) in [6.07, 6.45) is 1.83. The highest BCUT2D eigenvalue weighted by atomic mass is 79.9. The van der Waals surface area contributed by atoms with Crippen molar-refractivity contribution in [2.45, 2.75) is 18.1 Å². The second-order valence-electron chi connectivity index (χ2n) is 1.64. The fraction of sp³-hybridized carbons (Fsp3) is 1.00. The van der Waals surface area contributed by atoms with Crippen molar-refractivity contribution in [3.63, 3.8) is 0 Å². The second-order valence-corrected chi connectivity index (χ2v) is 3.17. The van der Waals surface area contributed by atoms with E-state index in [0.29, 0.717) is 5.25 Å². The smallest absolute Gasteiger partial charge is 0.0441 e. The molecular weight excluding hydrogens is 188 g/mol. The first kappa shape index (κ1) is 8.79. The molecule has 0 heterocycles. The fourth-order valence-corrected chi connectivity index (χ4v) is 1.57. The molecule has 1 unspecified atom stereocenters. The third-order valence-electron chi connectivity index (χ3n) is 0.905. The van der Waals surface area contributed by atoms with Crippen molar-refractivity contribution in [1.29, 1.82) is 0 Å². The Bertz CT molecular complexity index is 45.7. The Morgan fingerprint density at radius 2 is 2.12 bits per heavy atom. The van der Waals surface area contributed by atoms with Crippen LogP contribution in [0.4, 0.5) is 0 Å². The average Bonchev–Trinajstić information content (AvgIpc) is 1.68. The minimum absolute atomic E-state index is 0.251. The van der Waals surface area contributed by atoms with Crippen LogP contribution in [0.1, 0.15) is 12.8 Å². The Kier molecular flexibility index (Phi) is 6.50. The summed E-state index contributed by atoms with van der Waals surface area (Å²) in [5, 5.41) is 9.73. The SMILES string of the molecule is OCCC(S)CCBr. The van der Waals surface area contributed by atoms with Crippen LogP contribution in [0.2, 0.25) is 0 Å². The van der Waals surface area contributed by atoms with Gasteiger partial charge in [0.05, 0.1) is 0 Å². The maximum absolute atomic E-state index is 8.40. The van der Waals surface area contributed by atoms with E-state index in [1.807, 2.05) is 0 Å². The number of alkyl halides is 1. The molecule has 1 atom stereocenters. The van der Waals surface area contributed by atoms with E-state index in [1.54, 1.807) is 0 Å². The van der Waals surface area contributed by atoms with Gasteiger partial charge in [0.15, 0.2) is 0 Å². The van der Waals surface area contributed by atoms with Crippen molar-refractivity contribution in [2.75, 3.05) is 11.9 Å². The van der Waals surface area contributed by atoms with Crippen LogP contribution in [0.3, 0.4) is 0 Å². The van der Waals surface area contributed by atoms with Crippen molar-refractivity contribution in [1.82, 2.24) is 0 Å². The minimum atomic E-state index is 0.251.